The smallest absolute Gasteiger partial charge is 0.222 e. The highest BCUT2D eigenvalue weighted by Gasteiger charge is 2.09. The number of anilines is 1. The fourth-order valence-electron chi connectivity index (χ4n) is 1.51. The monoisotopic (exact) mass is 266 g/mol. The van der Waals surface area contributed by atoms with Crippen molar-refractivity contribution in [2.24, 2.45) is 0 Å². The predicted molar refractivity (Wildman–Crippen MR) is 76.9 cm³/mol. The molecule has 4 nitrogen and oxygen atoms in total. The van der Waals surface area contributed by atoms with Crippen LogP contribution in [0.5, 0.6) is 5.75 Å². The molecule has 98 valence electrons. The van der Waals surface area contributed by atoms with E-state index in [1.807, 2.05) is 12.1 Å². The summed E-state index contributed by atoms with van der Waals surface area (Å²) >= 11 is 4.96. The van der Waals surface area contributed by atoms with E-state index in [-0.39, 0.29) is 16.8 Å². The number of phenolic OH excluding ortho intramolecular Hbond substituents is 1. The van der Waals surface area contributed by atoms with Gasteiger partial charge in [-0.25, -0.2) is 0 Å². The third-order valence-electron chi connectivity index (χ3n) is 2.74. The molecule has 3 N–H and O–H groups in total. The summed E-state index contributed by atoms with van der Waals surface area (Å²) in [4.78, 5) is 10.8. The van der Waals surface area contributed by atoms with Gasteiger partial charge in [0.1, 0.15) is 5.75 Å². The first kappa shape index (κ1) is 14.4. The molecule has 1 amide bonds. The average Bonchev–Trinajstić information content (AvgIpc) is 2.30. The molecule has 0 fully saturated rings. The van der Waals surface area contributed by atoms with Crippen molar-refractivity contribution in [2.75, 3.05) is 5.32 Å². The van der Waals surface area contributed by atoms with Crippen molar-refractivity contribution >= 4 is 28.9 Å². The number of aromatic hydroxyl groups is 1. The van der Waals surface area contributed by atoms with Crippen LogP contribution >= 0.6 is 12.2 Å². The number of rotatable bonds is 3. The number of thiocarbonyl (C=S) groups is 1. The van der Waals surface area contributed by atoms with Gasteiger partial charge in [0.2, 0.25) is 5.91 Å². The van der Waals surface area contributed by atoms with Crippen LogP contribution in [0.15, 0.2) is 18.2 Å². The topological polar surface area (TPSA) is 61.4 Å². The zero-order valence-corrected chi connectivity index (χ0v) is 11.6. The van der Waals surface area contributed by atoms with Crippen LogP contribution in [0.3, 0.4) is 0 Å². The molecule has 1 aromatic rings. The standard InChI is InChI=1S/C13H18N2O2S/c1-4-8(2)10-5-6-12(17)11(7-10)15-13(18)14-9(3)16/h5-8,17H,4H2,1-3H3,(H2,14,15,16,18)/t8-/m0/s1. The SMILES string of the molecule is CC[C@H](C)c1ccc(O)c(NC(=S)NC(C)=O)c1. The molecular formula is C13H18N2O2S. The Morgan fingerprint density at radius 3 is 2.72 bits per heavy atom. The molecule has 1 atom stereocenters. The summed E-state index contributed by atoms with van der Waals surface area (Å²) in [6.07, 6.45) is 1.01. The molecule has 0 aromatic heterocycles. The maximum atomic E-state index is 10.8. The van der Waals surface area contributed by atoms with E-state index in [0.717, 1.165) is 12.0 Å². The van der Waals surface area contributed by atoms with Gasteiger partial charge in [0.25, 0.3) is 0 Å². The lowest BCUT2D eigenvalue weighted by molar-refractivity contribution is -0.117. The Bertz CT molecular complexity index is 460. The van der Waals surface area contributed by atoms with Crippen LogP contribution in [0.25, 0.3) is 0 Å². The van der Waals surface area contributed by atoms with Gasteiger partial charge in [-0.3, -0.25) is 4.79 Å². The van der Waals surface area contributed by atoms with Gasteiger partial charge in [0, 0.05) is 6.92 Å². The third-order valence-corrected chi connectivity index (χ3v) is 2.94. The molecule has 0 bridgehead atoms. The molecule has 0 spiro atoms. The summed E-state index contributed by atoms with van der Waals surface area (Å²) in [7, 11) is 0. The number of hydrogen-bond donors (Lipinski definition) is 3. The number of hydrogen-bond acceptors (Lipinski definition) is 3. The van der Waals surface area contributed by atoms with Gasteiger partial charge in [0.05, 0.1) is 5.69 Å². The van der Waals surface area contributed by atoms with Crippen LogP contribution in [-0.2, 0) is 4.79 Å². The lowest BCUT2D eigenvalue weighted by Gasteiger charge is -2.14. The molecule has 0 aliphatic rings. The van der Waals surface area contributed by atoms with Gasteiger partial charge in [-0.15, -0.1) is 0 Å². The molecule has 0 saturated heterocycles. The molecule has 5 heteroatoms. The Hall–Kier alpha value is -1.62. The maximum Gasteiger partial charge on any atom is 0.222 e. The van der Waals surface area contributed by atoms with E-state index in [1.165, 1.54) is 6.92 Å². The third kappa shape index (κ3) is 4.00. The van der Waals surface area contributed by atoms with Gasteiger partial charge < -0.3 is 15.7 Å². The summed E-state index contributed by atoms with van der Waals surface area (Å²) in [5.41, 5.74) is 1.62. The molecule has 1 rings (SSSR count). The van der Waals surface area contributed by atoms with Crippen molar-refractivity contribution in [3.63, 3.8) is 0 Å². The van der Waals surface area contributed by atoms with Gasteiger partial charge in [-0.2, -0.15) is 0 Å². The van der Waals surface area contributed by atoms with Crippen molar-refractivity contribution in [1.82, 2.24) is 5.32 Å². The summed E-state index contributed by atoms with van der Waals surface area (Å²) in [6.45, 7) is 5.60. The Balaban J connectivity index is 2.87. The van der Waals surface area contributed by atoms with Crippen molar-refractivity contribution in [1.29, 1.82) is 0 Å². The molecule has 0 saturated carbocycles. The highest BCUT2D eigenvalue weighted by atomic mass is 32.1. The maximum absolute atomic E-state index is 10.8. The van der Waals surface area contributed by atoms with E-state index in [2.05, 4.69) is 24.5 Å². The fourth-order valence-corrected chi connectivity index (χ4v) is 1.76. The predicted octanol–water partition coefficient (Wildman–Crippen LogP) is 2.74. The molecular weight excluding hydrogens is 248 g/mol. The lowest BCUT2D eigenvalue weighted by atomic mass is 9.98. The first-order valence-corrected chi connectivity index (χ1v) is 6.26. The Morgan fingerprint density at radius 2 is 2.17 bits per heavy atom. The van der Waals surface area contributed by atoms with Gasteiger partial charge >= 0.3 is 0 Å². The van der Waals surface area contributed by atoms with Gasteiger partial charge in [-0.1, -0.05) is 19.9 Å². The number of nitrogens with one attached hydrogen (secondary N) is 2. The van der Waals surface area contributed by atoms with Crippen molar-refractivity contribution in [3.8, 4) is 5.75 Å². The van der Waals surface area contributed by atoms with Crippen molar-refractivity contribution in [3.05, 3.63) is 23.8 Å². The molecule has 0 radical (unpaired) electrons. The minimum Gasteiger partial charge on any atom is -0.506 e. The number of phenols is 1. The average molecular weight is 266 g/mol. The van der Waals surface area contributed by atoms with E-state index < -0.39 is 0 Å². The Labute approximate surface area is 112 Å². The van der Waals surface area contributed by atoms with E-state index in [0.29, 0.717) is 11.6 Å². The molecule has 18 heavy (non-hydrogen) atoms. The number of carbonyl (C=O) groups excluding carboxylic acids is 1. The van der Waals surface area contributed by atoms with E-state index in [1.54, 1.807) is 6.07 Å². The highest BCUT2D eigenvalue weighted by Crippen LogP contribution is 2.28. The molecule has 0 unspecified atom stereocenters. The molecule has 0 aliphatic heterocycles. The van der Waals surface area contributed by atoms with Gasteiger partial charge in [-0.05, 0) is 42.3 Å². The Morgan fingerprint density at radius 1 is 1.50 bits per heavy atom. The largest absolute Gasteiger partial charge is 0.506 e. The summed E-state index contributed by atoms with van der Waals surface area (Å²) < 4.78 is 0. The molecule has 0 heterocycles. The second kappa shape index (κ2) is 6.35. The number of benzene rings is 1. The van der Waals surface area contributed by atoms with Crippen LogP contribution in [0.4, 0.5) is 5.69 Å². The zero-order valence-electron chi connectivity index (χ0n) is 10.8. The van der Waals surface area contributed by atoms with Crippen LogP contribution in [0.2, 0.25) is 0 Å². The number of amides is 1. The van der Waals surface area contributed by atoms with Crippen LogP contribution in [0, 0.1) is 0 Å². The summed E-state index contributed by atoms with van der Waals surface area (Å²) in [5.74, 6) is 0.264. The summed E-state index contributed by atoms with van der Waals surface area (Å²) in [6, 6.07) is 5.36. The van der Waals surface area contributed by atoms with E-state index >= 15 is 0 Å². The lowest BCUT2D eigenvalue weighted by Crippen LogP contribution is -2.32. The quantitative estimate of drug-likeness (QED) is 0.581. The van der Waals surface area contributed by atoms with E-state index in [9.17, 15) is 9.90 Å². The first-order valence-electron chi connectivity index (χ1n) is 5.85. The van der Waals surface area contributed by atoms with Crippen molar-refractivity contribution < 1.29 is 9.90 Å². The first-order chi connectivity index (χ1) is 8.43. The number of carbonyl (C=O) groups is 1. The summed E-state index contributed by atoms with van der Waals surface area (Å²) in [5, 5.41) is 15.2. The van der Waals surface area contributed by atoms with Crippen LogP contribution in [0.1, 0.15) is 38.7 Å². The normalized spacial score (nSPS) is 11.7. The van der Waals surface area contributed by atoms with Crippen LogP contribution in [-0.4, -0.2) is 16.1 Å². The second-order valence-electron chi connectivity index (χ2n) is 4.22. The fraction of sp³-hybridized carbons (Fsp3) is 0.385. The zero-order chi connectivity index (χ0) is 13.7. The van der Waals surface area contributed by atoms with E-state index in [4.69, 9.17) is 12.2 Å². The van der Waals surface area contributed by atoms with Crippen LogP contribution < -0.4 is 10.6 Å². The van der Waals surface area contributed by atoms with Crippen molar-refractivity contribution in [2.45, 2.75) is 33.1 Å². The Kier molecular flexibility index (Phi) is 5.09. The second-order valence-corrected chi connectivity index (χ2v) is 4.63. The minimum atomic E-state index is -0.245. The highest BCUT2D eigenvalue weighted by molar-refractivity contribution is 7.80. The molecule has 1 aromatic carbocycles. The van der Waals surface area contributed by atoms with Gasteiger partial charge in [0.15, 0.2) is 5.11 Å². The molecule has 0 aliphatic carbocycles. The minimum absolute atomic E-state index is 0.106.